The molecule has 1 atom stereocenters. The van der Waals surface area contributed by atoms with Gasteiger partial charge in [0.1, 0.15) is 5.75 Å². The van der Waals surface area contributed by atoms with Gasteiger partial charge in [0.2, 0.25) is 0 Å². The maximum Gasteiger partial charge on any atom is 0.308 e. The Kier molecular flexibility index (Phi) is 6.32. The van der Waals surface area contributed by atoms with Gasteiger partial charge in [-0.15, -0.1) is 12.4 Å². The van der Waals surface area contributed by atoms with Crippen molar-refractivity contribution in [3.8, 4) is 5.75 Å². The molecule has 0 radical (unpaired) electrons. The highest BCUT2D eigenvalue weighted by atomic mass is 35.5. The van der Waals surface area contributed by atoms with Gasteiger partial charge in [-0.1, -0.05) is 31.4 Å². The van der Waals surface area contributed by atoms with Gasteiger partial charge in [-0.05, 0) is 36.5 Å². The van der Waals surface area contributed by atoms with E-state index in [4.69, 9.17) is 10.5 Å². The highest BCUT2D eigenvalue weighted by molar-refractivity contribution is 5.85. The summed E-state index contributed by atoms with van der Waals surface area (Å²) in [5.41, 5.74) is 7.40. The minimum Gasteiger partial charge on any atom is -0.427 e. The third kappa shape index (κ3) is 4.51. The smallest absolute Gasteiger partial charge is 0.308 e. The number of hydrogen-bond donors (Lipinski definition) is 1. The van der Waals surface area contributed by atoms with Gasteiger partial charge in [0.05, 0.1) is 0 Å². The Morgan fingerprint density at radius 3 is 2.63 bits per heavy atom. The van der Waals surface area contributed by atoms with Crippen molar-refractivity contribution in [2.75, 3.05) is 0 Å². The van der Waals surface area contributed by atoms with Crippen LogP contribution in [0.5, 0.6) is 5.75 Å². The van der Waals surface area contributed by atoms with E-state index in [1.54, 1.807) is 6.07 Å². The molecule has 0 heterocycles. The first kappa shape index (κ1) is 16.0. The van der Waals surface area contributed by atoms with Gasteiger partial charge in [-0.25, -0.2) is 0 Å². The van der Waals surface area contributed by atoms with Gasteiger partial charge < -0.3 is 10.5 Å². The lowest BCUT2D eigenvalue weighted by atomic mass is 9.81. The Morgan fingerprint density at radius 2 is 2.00 bits per heavy atom. The van der Waals surface area contributed by atoms with Crippen molar-refractivity contribution in [1.82, 2.24) is 0 Å². The lowest BCUT2D eigenvalue weighted by molar-refractivity contribution is -0.131. The first-order chi connectivity index (χ1) is 8.66. The van der Waals surface area contributed by atoms with Gasteiger partial charge in [-0.3, -0.25) is 4.79 Å². The maximum absolute atomic E-state index is 10.9. The van der Waals surface area contributed by atoms with Gasteiger partial charge in [-0.2, -0.15) is 0 Å². The molecule has 2 rings (SSSR count). The second-order valence-electron chi connectivity index (χ2n) is 5.09. The predicted octanol–water partition coefficient (Wildman–Crippen LogP) is 3.61. The van der Waals surface area contributed by atoms with Crippen molar-refractivity contribution in [2.45, 2.75) is 45.1 Å². The summed E-state index contributed by atoms with van der Waals surface area (Å²) in [6.45, 7) is 1.41. The van der Waals surface area contributed by atoms with Crippen LogP contribution in [0.2, 0.25) is 0 Å². The second kappa shape index (κ2) is 7.51. The number of benzene rings is 1. The van der Waals surface area contributed by atoms with E-state index in [0.29, 0.717) is 11.7 Å². The average molecular weight is 284 g/mol. The molecule has 1 aromatic carbocycles. The van der Waals surface area contributed by atoms with Crippen LogP contribution in [-0.2, 0) is 4.79 Å². The summed E-state index contributed by atoms with van der Waals surface area (Å²) in [7, 11) is 0. The molecule has 0 saturated heterocycles. The van der Waals surface area contributed by atoms with E-state index in [9.17, 15) is 4.79 Å². The fourth-order valence-corrected chi connectivity index (χ4v) is 2.72. The van der Waals surface area contributed by atoms with E-state index in [-0.39, 0.29) is 24.4 Å². The van der Waals surface area contributed by atoms with Crippen molar-refractivity contribution >= 4 is 18.4 Å². The Hall–Kier alpha value is -1.06. The zero-order valence-electron chi connectivity index (χ0n) is 11.3. The molecule has 0 aromatic heterocycles. The monoisotopic (exact) mass is 283 g/mol. The zero-order valence-corrected chi connectivity index (χ0v) is 12.1. The molecule has 0 spiro atoms. The predicted molar refractivity (Wildman–Crippen MR) is 78.5 cm³/mol. The summed E-state index contributed by atoms with van der Waals surface area (Å²) in [4.78, 5) is 10.9. The number of ether oxygens (including phenoxy) is 1. The van der Waals surface area contributed by atoms with Gasteiger partial charge >= 0.3 is 5.97 Å². The Bertz CT molecular complexity index is 416. The standard InChI is InChI=1S/C15H21NO2.ClH/c1-11(17)18-14-9-5-8-13(10-14)15(16)12-6-3-2-4-7-12;/h5,8-10,12,15H,2-4,6-7,16H2,1H3;1H/t15-;/m1./s1. The lowest BCUT2D eigenvalue weighted by Gasteiger charge is -2.27. The Morgan fingerprint density at radius 1 is 1.32 bits per heavy atom. The molecule has 1 fully saturated rings. The number of hydrogen-bond acceptors (Lipinski definition) is 3. The first-order valence-corrected chi connectivity index (χ1v) is 6.71. The molecule has 106 valence electrons. The topological polar surface area (TPSA) is 52.3 Å². The van der Waals surface area contributed by atoms with E-state index in [1.165, 1.54) is 39.0 Å². The molecular weight excluding hydrogens is 262 g/mol. The van der Waals surface area contributed by atoms with Crippen LogP contribution in [0.25, 0.3) is 0 Å². The molecule has 0 aliphatic heterocycles. The molecule has 19 heavy (non-hydrogen) atoms. The van der Waals surface area contributed by atoms with Crippen molar-refractivity contribution < 1.29 is 9.53 Å². The third-order valence-corrected chi connectivity index (χ3v) is 3.66. The summed E-state index contributed by atoms with van der Waals surface area (Å²) in [5, 5.41) is 0. The van der Waals surface area contributed by atoms with Gasteiger partial charge in [0.15, 0.2) is 0 Å². The Labute approximate surface area is 120 Å². The normalized spacial score (nSPS) is 17.4. The van der Waals surface area contributed by atoms with Crippen LogP contribution >= 0.6 is 12.4 Å². The van der Waals surface area contributed by atoms with E-state index in [1.807, 2.05) is 18.2 Å². The van der Waals surface area contributed by atoms with E-state index in [0.717, 1.165) is 5.56 Å². The highest BCUT2D eigenvalue weighted by Crippen LogP contribution is 2.33. The molecule has 1 aliphatic carbocycles. The summed E-state index contributed by atoms with van der Waals surface area (Å²) >= 11 is 0. The fraction of sp³-hybridized carbons (Fsp3) is 0.533. The van der Waals surface area contributed by atoms with Crippen molar-refractivity contribution in [1.29, 1.82) is 0 Å². The SMILES string of the molecule is CC(=O)Oc1cccc([C@H](N)C2CCCCC2)c1.Cl. The minimum absolute atomic E-state index is 0. The summed E-state index contributed by atoms with van der Waals surface area (Å²) in [5.74, 6) is 0.857. The van der Waals surface area contributed by atoms with Crippen LogP contribution in [0, 0.1) is 5.92 Å². The first-order valence-electron chi connectivity index (χ1n) is 6.71. The molecule has 1 aromatic rings. The van der Waals surface area contributed by atoms with Crippen molar-refractivity contribution in [3.63, 3.8) is 0 Å². The largest absolute Gasteiger partial charge is 0.427 e. The molecule has 4 heteroatoms. The lowest BCUT2D eigenvalue weighted by Crippen LogP contribution is -2.23. The summed E-state index contributed by atoms with van der Waals surface area (Å²) in [6.07, 6.45) is 6.30. The number of halogens is 1. The molecule has 2 N–H and O–H groups in total. The number of rotatable bonds is 3. The number of carbonyl (C=O) groups is 1. The summed E-state index contributed by atoms with van der Waals surface area (Å²) in [6, 6.07) is 7.66. The number of carbonyl (C=O) groups excluding carboxylic acids is 1. The quantitative estimate of drug-likeness (QED) is 0.681. The number of esters is 1. The van der Waals surface area contributed by atoms with Gasteiger partial charge in [0.25, 0.3) is 0 Å². The van der Waals surface area contributed by atoms with Crippen LogP contribution < -0.4 is 10.5 Å². The maximum atomic E-state index is 10.9. The Balaban J connectivity index is 0.00000180. The zero-order chi connectivity index (χ0) is 13.0. The molecule has 0 bridgehead atoms. The van der Waals surface area contributed by atoms with Crippen LogP contribution in [-0.4, -0.2) is 5.97 Å². The van der Waals surface area contributed by atoms with Crippen LogP contribution in [0.4, 0.5) is 0 Å². The van der Waals surface area contributed by atoms with Crippen LogP contribution in [0.1, 0.15) is 50.6 Å². The number of nitrogens with two attached hydrogens (primary N) is 1. The van der Waals surface area contributed by atoms with E-state index in [2.05, 4.69) is 0 Å². The fourth-order valence-electron chi connectivity index (χ4n) is 2.72. The molecule has 0 unspecified atom stereocenters. The summed E-state index contributed by atoms with van der Waals surface area (Å²) < 4.78 is 5.10. The third-order valence-electron chi connectivity index (χ3n) is 3.66. The molecule has 0 amide bonds. The van der Waals surface area contributed by atoms with Crippen molar-refractivity contribution in [3.05, 3.63) is 29.8 Å². The van der Waals surface area contributed by atoms with Crippen LogP contribution in [0.3, 0.4) is 0 Å². The van der Waals surface area contributed by atoms with Gasteiger partial charge in [0, 0.05) is 13.0 Å². The van der Waals surface area contributed by atoms with E-state index >= 15 is 0 Å². The highest BCUT2D eigenvalue weighted by Gasteiger charge is 2.22. The second-order valence-corrected chi connectivity index (χ2v) is 5.09. The minimum atomic E-state index is -0.293. The van der Waals surface area contributed by atoms with Crippen LogP contribution in [0.15, 0.2) is 24.3 Å². The average Bonchev–Trinajstić information content (AvgIpc) is 2.38. The molecular formula is C15H22ClNO2. The molecule has 1 aliphatic rings. The molecule has 3 nitrogen and oxygen atoms in total. The van der Waals surface area contributed by atoms with E-state index < -0.39 is 0 Å². The molecule has 1 saturated carbocycles. The van der Waals surface area contributed by atoms with Crippen molar-refractivity contribution in [2.24, 2.45) is 11.7 Å².